The normalized spacial score (nSPS) is 19.9. The van der Waals surface area contributed by atoms with Crippen LogP contribution in [0.15, 0.2) is 24.3 Å². The molecule has 0 saturated carbocycles. The molecule has 1 aliphatic carbocycles. The first-order chi connectivity index (χ1) is 9.08. The van der Waals surface area contributed by atoms with Crippen LogP contribution in [-0.4, -0.2) is 17.1 Å². The summed E-state index contributed by atoms with van der Waals surface area (Å²) in [6, 6.07) is 8.41. The number of benzene rings is 1. The van der Waals surface area contributed by atoms with E-state index in [0.717, 1.165) is 19.3 Å². The second-order valence-corrected chi connectivity index (χ2v) is 5.73. The zero-order valence-electron chi connectivity index (χ0n) is 11.7. The SMILES string of the molecule is CC(C)C(O)CC(=O)NC1CCCc2ccccc21. The number of hydrogen-bond acceptors (Lipinski definition) is 2. The molecule has 0 aliphatic heterocycles. The molecule has 0 heterocycles. The molecule has 3 nitrogen and oxygen atoms in total. The third-order valence-corrected chi connectivity index (χ3v) is 3.87. The van der Waals surface area contributed by atoms with Crippen molar-refractivity contribution < 1.29 is 9.90 Å². The molecule has 19 heavy (non-hydrogen) atoms. The molecule has 3 heteroatoms. The Kier molecular flexibility index (Phi) is 4.59. The fourth-order valence-electron chi connectivity index (χ4n) is 2.58. The molecule has 1 aromatic rings. The van der Waals surface area contributed by atoms with Crippen LogP contribution < -0.4 is 5.32 Å². The highest BCUT2D eigenvalue weighted by molar-refractivity contribution is 5.77. The molecule has 2 atom stereocenters. The maximum Gasteiger partial charge on any atom is 0.223 e. The highest BCUT2D eigenvalue weighted by Gasteiger charge is 2.22. The lowest BCUT2D eigenvalue weighted by Gasteiger charge is -2.27. The van der Waals surface area contributed by atoms with Crippen molar-refractivity contribution in [2.75, 3.05) is 0 Å². The molecule has 2 rings (SSSR count). The molecule has 1 aromatic carbocycles. The average Bonchev–Trinajstić information content (AvgIpc) is 2.39. The highest BCUT2D eigenvalue weighted by atomic mass is 16.3. The number of aryl methyl sites for hydroxylation is 1. The van der Waals surface area contributed by atoms with Crippen molar-refractivity contribution in [3.8, 4) is 0 Å². The summed E-state index contributed by atoms with van der Waals surface area (Å²) in [5.74, 6) is 0.0623. The molecule has 2 N–H and O–H groups in total. The highest BCUT2D eigenvalue weighted by Crippen LogP contribution is 2.29. The lowest BCUT2D eigenvalue weighted by molar-refractivity contribution is -0.124. The molecule has 2 unspecified atom stereocenters. The van der Waals surface area contributed by atoms with Gasteiger partial charge in [0.2, 0.25) is 5.91 Å². The van der Waals surface area contributed by atoms with Crippen LogP contribution in [0.3, 0.4) is 0 Å². The molecule has 104 valence electrons. The van der Waals surface area contributed by atoms with Crippen molar-refractivity contribution in [3.63, 3.8) is 0 Å². The van der Waals surface area contributed by atoms with Gasteiger partial charge in [0, 0.05) is 0 Å². The number of carbonyl (C=O) groups excluding carboxylic acids is 1. The van der Waals surface area contributed by atoms with Crippen LogP contribution in [-0.2, 0) is 11.2 Å². The van der Waals surface area contributed by atoms with Crippen LogP contribution in [0.25, 0.3) is 0 Å². The predicted molar refractivity (Wildman–Crippen MR) is 75.7 cm³/mol. The minimum atomic E-state index is -0.557. The van der Waals surface area contributed by atoms with E-state index in [9.17, 15) is 9.90 Å². The zero-order chi connectivity index (χ0) is 13.8. The largest absolute Gasteiger partial charge is 0.392 e. The topological polar surface area (TPSA) is 49.3 Å². The van der Waals surface area contributed by atoms with Gasteiger partial charge in [0.1, 0.15) is 0 Å². The van der Waals surface area contributed by atoms with Crippen LogP contribution in [0.4, 0.5) is 0 Å². The van der Waals surface area contributed by atoms with Gasteiger partial charge in [0.05, 0.1) is 18.6 Å². The van der Waals surface area contributed by atoms with E-state index in [2.05, 4.69) is 17.4 Å². The smallest absolute Gasteiger partial charge is 0.223 e. The summed E-state index contributed by atoms with van der Waals surface area (Å²) in [7, 11) is 0. The second-order valence-electron chi connectivity index (χ2n) is 5.73. The monoisotopic (exact) mass is 261 g/mol. The first-order valence-electron chi connectivity index (χ1n) is 7.13. The van der Waals surface area contributed by atoms with E-state index in [-0.39, 0.29) is 24.3 Å². The quantitative estimate of drug-likeness (QED) is 0.875. The van der Waals surface area contributed by atoms with Crippen molar-refractivity contribution in [2.45, 2.75) is 51.7 Å². The molecule has 0 aromatic heterocycles. The summed E-state index contributed by atoms with van der Waals surface area (Å²) in [5.41, 5.74) is 2.57. The molecular formula is C16H23NO2. The van der Waals surface area contributed by atoms with Gasteiger partial charge in [-0.05, 0) is 36.3 Å². The van der Waals surface area contributed by atoms with Crippen LogP contribution in [0.1, 0.15) is 50.3 Å². The Hall–Kier alpha value is -1.35. The second kappa shape index (κ2) is 6.20. The number of carbonyl (C=O) groups is 1. The molecule has 1 aliphatic rings. The standard InChI is InChI=1S/C16H23NO2/c1-11(2)15(18)10-16(19)17-14-9-5-7-12-6-3-4-8-13(12)14/h3-4,6,8,11,14-15,18H,5,7,9-10H2,1-2H3,(H,17,19). The van der Waals surface area contributed by atoms with Crippen LogP contribution >= 0.6 is 0 Å². The lowest BCUT2D eigenvalue weighted by atomic mass is 9.87. The van der Waals surface area contributed by atoms with Crippen molar-refractivity contribution in [1.82, 2.24) is 5.32 Å². The number of hydrogen-bond donors (Lipinski definition) is 2. The average molecular weight is 261 g/mol. The Morgan fingerprint density at radius 1 is 1.42 bits per heavy atom. The fraction of sp³-hybridized carbons (Fsp3) is 0.562. The summed E-state index contributed by atoms with van der Waals surface area (Å²) in [6.45, 7) is 3.85. The maximum atomic E-state index is 12.0. The Balaban J connectivity index is 1.99. The van der Waals surface area contributed by atoms with Crippen LogP contribution in [0.2, 0.25) is 0 Å². The molecule has 0 radical (unpaired) electrons. The van der Waals surface area contributed by atoms with Gasteiger partial charge in [-0.25, -0.2) is 0 Å². The summed E-state index contributed by atoms with van der Waals surface area (Å²) in [6.07, 6.45) is 2.82. The van der Waals surface area contributed by atoms with Crippen molar-refractivity contribution >= 4 is 5.91 Å². The van der Waals surface area contributed by atoms with Crippen molar-refractivity contribution in [2.24, 2.45) is 5.92 Å². The number of aliphatic hydroxyl groups is 1. The molecule has 0 saturated heterocycles. The van der Waals surface area contributed by atoms with Crippen LogP contribution in [0.5, 0.6) is 0 Å². The van der Waals surface area contributed by atoms with E-state index < -0.39 is 6.10 Å². The van der Waals surface area contributed by atoms with E-state index in [1.807, 2.05) is 26.0 Å². The van der Waals surface area contributed by atoms with E-state index in [4.69, 9.17) is 0 Å². The number of rotatable bonds is 4. The number of nitrogens with one attached hydrogen (secondary N) is 1. The molecule has 1 amide bonds. The zero-order valence-corrected chi connectivity index (χ0v) is 11.7. The first kappa shape index (κ1) is 14.1. The Bertz CT molecular complexity index is 442. The third kappa shape index (κ3) is 3.57. The molecule has 0 spiro atoms. The summed E-state index contributed by atoms with van der Waals surface area (Å²) >= 11 is 0. The molecule has 0 bridgehead atoms. The van der Waals surface area contributed by atoms with Gasteiger partial charge in [-0.15, -0.1) is 0 Å². The van der Waals surface area contributed by atoms with Gasteiger partial charge in [-0.3, -0.25) is 4.79 Å². The van der Waals surface area contributed by atoms with E-state index >= 15 is 0 Å². The predicted octanol–water partition coefficient (Wildman–Crippen LogP) is 2.59. The Morgan fingerprint density at radius 2 is 2.16 bits per heavy atom. The minimum absolute atomic E-state index is 0.0529. The van der Waals surface area contributed by atoms with Crippen LogP contribution in [0, 0.1) is 5.92 Å². The van der Waals surface area contributed by atoms with E-state index in [0.29, 0.717) is 0 Å². The maximum absolute atomic E-state index is 12.0. The number of amides is 1. The van der Waals surface area contributed by atoms with Gasteiger partial charge >= 0.3 is 0 Å². The van der Waals surface area contributed by atoms with Crippen molar-refractivity contribution in [1.29, 1.82) is 0 Å². The first-order valence-corrected chi connectivity index (χ1v) is 7.13. The van der Waals surface area contributed by atoms with Crippen molar-refractivity contribution in [3.05, 3.63) is 35.4 Å². The minimum Gasteiger partial charge on any atom is -0.392 e. The van der Waals surface area contributed by atoms with Gasteiger partial charge < -0.3 is 10.4 Å². The lowest BCUT2D eigenvalue weighted by Crippen LogP contribution is -2.34. The summed E-state index contributed by atoms with van der Waals surface area (Å²) in [5, 5.41) is 12.8. The summed E-state index contributed by atoms with van der Waals surface area (Å²) in [4.78, 5) is 12.0. The van der Waals surface area contributed by atoms with Gasteiger partial charge in [0.15, 0.2) is 0 Å². The Labute approximate surface area is 115 Å². The van der Waals surface area contributed by atoms with Gasteiger partial charge in [-0.2, -0.15) is 0 Å². The number of fused-ring (bicyclic) bond motifs is 1. The van der Waals surface area contributed by atoms with Gasteiger partial charge in [0.25, 0.3) is 0 Å². The molecule has 0 fully saturated rings. The third-order valence-electron chi connectivity index (χ3n) is 3.87. The number of aliphatic hydroxyl groups excluding tert-OH is 1. The molecular weight excluding hydrogens is 238 g/mol. The summed E-state index contributed by atoms with van der Waals surface area (Å²) < 4.78 is 0. The fourth-order valence-corrected chi connectivity index (χ4v) is 2.58. The van der Waals surface area contributed by atoms with E-state index in [1.165, 1.54) is 11.1 Å². The van der Waals surface area contributed by atoms with Gasteiger partial charge in [-0.1, -0.05) is 38.1 Å². The Morgan fingerprint density at radius 3 is 2.89 bits per heavy atom. The van der Waals surface area contributed by atoms with E-state index in [1.54, 1.807) is 0 Å².